The summed E-state index contributed by atoms with van der Waals surface area (Å²) in [6.45, 7) is 2.48. The van der Waals surface area contributed by atoms with E-state index in [-0.39, 0.29) is 10.9 Å². The lowest BCUT2D eigenvalue weighted by Crippen LogP contribution is -2.30. The van der Waals surface area contributed by atoms with Gasteiger partial charge in [-0.3, -0.25) is 0 Å². The van der Waals surface area contributed by atoms with Crippen LogP contribution in [0.2, 0.25) is 0 Å². The zero-order valence-electron chi connectivity index (χ0n) is 30.7. The van der Waals surface area contributed by atoms with Gasteiger partial charge in [-0.05, 0) is 207 Å². The smallest absolute Gasteiger partial charge is 0.0651 e. The number of fused-ring (bicyclic) bond motifs is 11. The highest BCUT2D eigenvalue weighted by molar-refractivity contribution is 7.97. The third-order valence-corrected chi connectivity index (χ3v) is 19.8. The Balaban J connectivity index is 0.895. The van der Waals surface area contributed by atoms with Crippen molar-refractivity contribution in [2.24, 2.45) is 65.1 Å². The van der Waals surface area contributed by atoms with Gasteiger partial charge in [0.05, 0.1) is 10.9 Å². The van der Waals surface area contributed by atoms with Crippen LogP contribution in [0.5, 0.6) is 0 Å². The molecule has 0 saturated heterocycles. The average molecular weight is 682 g/mol. The molecular formula is C49H61S+. The van der Waals surface area contributed by atoms with Gasteiger partial charge in [0.25, 0.3) is 0 Å². The minimum atomic E-state index is -0.0744. The van der Waals surface area contributed by atoms with Gasteiger partial charge >= 0.3 is 0 Å². The van der Waals surface area contributed by atoms with Crippen molar-refractivity contribution < 1.29 is 0 Å². The van der Waals surface area contributed by atoms with Gasteiger partial charge in [-0.2, -0.15) is 0 Å². The highest BCUT2D eigenvalue weighted by atomic mass is 32.2. The third kappa shape index (κ3) is 4.97. The van der Waals surface area contributed by atoms with Gasteiger partial charge in [0.2, 0.25) is 0 Å². The Hall–Kier alpha value is -1.99. The molecule has 8 saturated carbocycles. The molecule has 0 heterocycles. The normalized spacial score (nSPS) is 42.9. The van der Waals surface area contributed by atoms with Crippen molar-refractivity contribution in [1.82, 2.24) is 0 Å². The first kappa shape index (κ1) is 31.5. The van der Waals surface area contributed by atoms with Crippen molar-refractivity contribution in [3.63, 3.8) is 0 Å². The first-order chi connectivity index (χ1) is 24.7. The van der Waals surface area contributed by atoms with Gasteiger partial charge in [0.1, 0.15) is 0 Å². The standard InChI is InChI=1S/C49H61S/c1-2-39-40-7-3-6-30(40)18-25-43(39)31-12-19-36(20-13-31)50(37-21-14-32(15-22-37)46-26-34-28-48(46)44-10-4-8-41(34)44)38-23-16-33(17-24-38)47-27-35-29-49(47)45-11-5-9-42(35)45/h12-17,19-24,30,34-35,39-49H,2-11,18,25-29H2,1H3/q+1. The van der Waals surface area contributed by atoms with Gasteiger partial charge in [-0.1, -0.05) is 75.4 Å². The molecule has 0 aromatic heterocycles. The lowest BCUT2D eigenvalue weighted by molar-refractivity contribution is 0.149. The molecule has 11 rings (SSSR count). The Morgan fingerprint density at radius 1 is 0.400 bits per heavy atom. The zero-order chi connectivity index (χ0) is 32.9. The van der Waals surface area contributed by atoms with Gasteiger partial charge in [-0.15, -0.1) is 0 Å². The van der Waals surface area contributed by atoms with Gasteiger partial charge in [-0.25, -0.2) is 0 Å². The molecule has 0 N–H and O–H groups in total. The monoisotopic (exact) mass is 681 g/mol. The summed E-state index contributed by atoms with van der Waals surface area (Å²) in [7, 11) is -0.0744. The second-order valence-electron chi connectivity index (χ2n) is 19.1. The Labute approximate surface area is 306 Å². The molecule has 0 amide bonds. The van der Waals surface area contributed by atoms with Crippen LogP contribution in [0.1, 0.15) is 144 Å². The largest absolute Gasteiger partial charge is 0.166 e. The molecule has 0 nitrogen and oxygen atoms in total. The maximum atomic E-state index is 2.58. The van der Waals surface area contributed by atoms with Crippen molar-refractivity contribution >= 4 is 10.9 Å². The molecule has 8 aliphatic rings. The van der Waals surface area contributed by atoms with E-state index in [0.29, 0.717) is 0 Å². The van der Waals surface area contributed by atoms with Gasteiger partial charge in [0, 0.05) is 0 Å². The topological polar surface area (TPSA) is 0 Å². The van der Waals surface area contributed by atoms with Crippen molar-refractivity contribution in [3.05, 3.63) is 89.5 Å². The van der Waals surface area contributed by atoms with E-state index >= 15 is 0 Å². The molecular weight excluding hydrogens is 621 g/mol. The average Bonchev–Trinajstić information content (AvgIpc) is 4.01. The van der Waals surface area contributed by atoms with Crippen LogP contribution in [-0.4, -0.2) is 0 Å². The van der Waals surface area contributed by atoms with Crippen LogP contribution in [0.4, 0.5) is 0 Å². The summed E-state index contributed by atoms with van der Waals surface area (Å²) < 4.78 is 0. The predicted octanol–water partition coefficient (Wildman–Crippen LogP) is 13.2. The lowest BCUT2D eigenvalue weighted by atomic mass is 9.65. The van der Waals surface area contributed by atoms with Crippen LogP contribution in [0.25, 0.3) is 0 Å². The second-order valence-corrected chi connectivity index (χ2v) is 21.2. The molecule has 14 atom stereocenters. The fraction of sp³-hybridized carbons (Fsp3) is 0.633. The second kappa shape index (κ2) is 12.6. The van der Waals surface area contributed by atoms with Gasteiger partial charge < -0.3 is 0 Å². The molecule has 0 radical (unpaired) electrons. The Morgan fingerprint density at radius 3 is 1.34 bits per heavy atom. The highest BCUT2D eigenvalue weighted by Crippen LogP contribution is 2.65. The molecule has 50 heavy (non-hydrogen) atoms. The van der Waals surface area contributed by atoms with Crippen molar-refractivity contribution in [1.29, 1.82) is 0 Å². The minimum absolute atomic E-state index is 0.0744. The summed E-state index contributed by atoms with van der Waals surface area (Å²) in [5.41, 5.74) is 4.93. The molecule has 0 spiro atoms. The van der Waals surface area contributed by atoms with Gasteiger partial charge in [0.15, 0.2) is 14.7 Å². The van der Waals surface area contributed by atoms with Crippen molar-refractivity contribution in [3.8, 4) is 0 Å². The number of benzene rings is 3. The number of hydrogen-bond donors (Lipinski definition) is 0. The first-order valence-corrected chi connectivity index (χ1v) is 23.0. The Bertz CT molecular complexity index is 1580. The van der Waals surface area contributed by atoms with E-state index in [0.717, 1.165) is 82.9 Å². The van der Waals surface area contributed by atoms with Crippen LogP contribution < -0.4 is 0 Å². The molecule has 3 aromatic rings. The molecule has 14 unspecified atom stereocenters. The Morgan fingerprint density at radius 2 is 0.840 bits per heavy atom. The van der Waals surface area contributed by atoms with Crippen LogP contribution in [0.3, 0.4) is 0 Å². The Kier molecular flexibility index (Phi) is 7.92. The number of hydrogen-bond acceptors (Lipinski definition) is 0. The predicted molar refractivity (Wildman–Crippen MR) is 208 cm³/mol. The summed E-state index contributed by atoms with van der Waals surface area (Å²) in [5.74, 6) is 13.5. The fourth-order valence-electron chi connectivity index (χ4n) is 15.8. The summed E-state index contributed by atoms with van der Waals surface area (Å²) in [4.78, 5) is 4.55. The van der Waals surface area contributed by atoms with Crippen molar-refractivity contribution in [2.45, 2.75) is 142 Å². The van der Waals surface area contributed by atoms with E-state index in [9.17, 15) is 0 Å². The van der Waals surface area contributed by atoms with E-state index in [1.807, 2.05) is 0 Å². The maximum Gasteiger partial charge on any atom is 0.166 e. The van der Waals surface area contributed by atoms with Crippen molar-refractivity contribution in [2.75, 3.05) is 0 Å². The summed E-state index contributed by atoms with van der Waals surface area (Å²) in [6.07, 6.45) is 23.7. The molecule has 1 heteroatoms. The van der Waals surface area contributed by atoms with Crippen LogP contribution in [-0.2, 0) is 10.9 Å². The molecule has 262 valence electrons. The summed E-state index contributed by atoms with van der Waals surface area (Å²) >= 11 is 0. The van der Waals surface area contributed by atoms with E-state index in [2.05, 4.69) is 79.7 Å². The van der Waals surface area contributed by atoms with E-state index < -0.39 is 0 Å². The van der Waals surface area contributed by atoms with Crippen LogP contribution in [0.15, 0.2) is 87.5 Å². The molecule has 0 aliphatic heterocycles. The molecule has 8 aliphatic carbocycles. The lowest BCUT2D eigenvalue weighted by Gasteiger charge is -2.40. The summed E-state index contributed by atoms with van der Waals surface area (Å²) in [5, 5.41) is 0. The minimum Gasteiger partial charge on any atom is -0.0651 e. The third-order valence-electron chi connectivity index (χ3n) is 17.6. The maximum absolute atomic E-state index is 2.58. The van der Waals surface area contributed by atoms with E-state index in [4.69, 9.17) is 0 Å². The zero-order valence-corrected chi connectivity index (χ0v) is 31.5. The SMILES string of the molecule is CCC1C(c2ccc([S+](c3ccc(C4CC5CC4C4CCCC54)cc3)c3ccc(C4CC5CC4C4CCCC54)cc3)cc2)CCC2CCCC21. The van der Waals surface area contributed by atoms with Crippen LogP contribution in [0, 0.1) is 65.1 Å². The summed E-state index contributed by atoms with van der Waals surface area (Å²) in [6, 6.07) is 30.8. The van der Waals surface area contributed by atoms with E-state index in [1.54, 1.807) is 16.7 Å². The van der Waals surface area contributed by atoms with Crippen LogP contribution >= 0.6 is 0 Å². The van der Waals surface area contributed by atoms with E-state index in [1.165, 1.54) is 117 Å². The highest BCUT2D eigenvalue weighted by Gasteiger charge is 2.55. The fourth-order valence-corrected chi connectivity index (χ4v) is 17.8. The molecule has 4 bridgehead atoms. The molecule has 8 fully saturated rings. The quantitative estimate of drug-likeness (QED) is 0.218. The number of rotatable bonds is 7. The molecule has 3 aromatic carbocycles. The first-order valence-electron chi connectivity index (χ1n) is 21.8.